The van der Waals surface area contributed by atoms with Crippen LogP contribution in [-0.4, -0.2) is 45.0 Å². The van der Waals surface area contributed by atoms with Gasteiger partial charge in [-0.3, -0.25) is 14.7 Å². The van der Waals surface area contributed by atoms with Gasteiger partial charge in [0.15, 0.2) is 0 Å². The van der Waals surface area contributed by atoms with Crippen molar-refractivity contribution in [3.8, 4) is 0 Å². The first-order valence-electron chi connectivity index (χ1n) is 7.80. The van der Waals surface area contributed by atoms with Crippen LogP contribution in [0.25, 0.3) is 0 Å². The molecule has 1 unspecified atom stereocenters. The molecule has 0 bridgehead atoms. The largest absolute Gasteiger partial charge is 0.353 e. The van der Waals surface area contributed by atoms with Crippen LogP contribution in [0.15, 0.2) is 29.3 Å². The van der Waals surface area contributed by atoms with Crippen LogP contribution in [0.4, 0.5) is 5.82 Å². The van der Waals surface area contributed by atoms with E-state index in [2.05, 4.69) is 25.5 Å². The summed E-state index contributed by atoms with van der Waals surface area (Å²) in [6.45, 7) is 3.98. The summed E-state index contributed by atoms with van der Waals surface area (Å²) in [5, 5.41) is 13.8. The molecule has 0 radical (unpaired) electrons. The Kier molecular flexibility index (Phi) is 4.40. The zero-order valence-corrected chi connectivity index (χ0v) is 13.0. The molecule has 122 valence electrons. The molecule has 1 atom stereocenters. The van der Waals surface area contributed by atoms with Crippen LogP contribution in [-0.2, 0) is 6.54 Å². The number of rotatable bonds is 4. The molecule has 8 heteroatoms. The van der Waals surface area contributed by atoms with Crippen LogP contribution in [0.3, 0.4) is 0 Å². The van der Waals surface area contributed by atoms with Gasteiger partial charge in [0.25, 0.3) is 11.5 Å². The van der Waals surface area contributed by atoms with Gasteiger partial charge in [0.05, 0.1) is 11.8 Å². The fourth-order valence-corrected chi connectivity index (χ4v) is 2.78. The van der Waals surface area contributed by atoms with E-state index < -0.39 is 0 Å². The summed E-state index contributed by atoms with van der Waals surface area (Å²) >= 11 is 0. The molecular formula is C15H20N6O2. The standard InChI is InChI=1S/C15H20N6O2/c1-2-21-14(22)6-5-13(19-21)20-7-3-4-12(10-20)18-15(23)11-8-16-17-9-11/h5-6,8-9,12H,2-4,7,10H2,1H3,(H,16,17)(H,18,23). The lowest BCUT2D eigenvalue weighted by molar-refractivity contribution is 0.0933. The number of carbonyl (C=O) groups is 1. The molecule has 0 aliphatic carbocycles. The molecule has 1 saturated heterocycles. The minimum Gasteiger partial charge on any atom is -0.353 e. The van der Waals surface area contributed by atoms with Crippen molar-refractivity contribution >= 4 is 11.7 Å². The van der Waals surface area contributed by atoms with E-state index in [4.69, 9.17) is 0 Å². The van der Waals surface area contributed by atoms with Crippen LogP contribution < -0.4 is 15.8 Å². The normalized spacial score (nSPS) is 18.0. The molecule has 1 amide bonds. The van der Waals surface area contributed by atoms with E-state index in [0.29, 0.717) is 18.7 Å². The zero-order valence-electron chi connectivity index (χ0n) is 13.0. The number of amides is 1. The lowest BCUT2D eigenvalue weighted by Crippen LogP contribution is -2.48. The summed E-state index contributed by atoms with van der Waals surface area (Å²) < 4.78 is 1.45. The van der Waals surface area contributed by atoms with Gasteiger partial charge in [0.1, 0.15) is 5.82 Å². The first-order chi connectivity index (χ1) is 11.2. The molecule has 1 aliphatic heterocycles. The summed E-state index contributed by atoms with van der Waals surface area (Å²) in [5.41, 5.74) is 0.429. The Morgan fingerprint density at radius 2 is 2.35 bits per heavy atom. The lowest BCUT2D eigenvalue weighted by Gasteiger charge is -2.33. The Balaban J connectivity index is 1.68. The smallest absolute Gasteiger partial charge is 0.266 e. The van der Waals surface area contributed by atoms with Crippen molar-refractivity contribution in [2.24, 2.45) is 0 Å². The molecule has 0 aromatic carbocycles. The number of aryl methyl sites for hydroxylation is 1. The molecule has 2 aromatic rings. The average molecular weight is 316 g/mol. The van der Waals surface area contributed by atoms with Crippen LogP contribution in [0.1, 0.15) is 30.1 Å². The molecule has 3 heterocycles. The predicted octanol–water partition coefficient (Wildman–Crippen LogP) is 0.385. The van der Waals surface area contributed by atoms with E-state index >= 15 is 0 Å². The highest BCUT2D eigenvalue weighted by molar-refractivity contribution is 5.93. The molecule has 1 fully saturated rings. The van der Waals surface area contributed by atoms with E-state index in [9.17, 15) is 9.59 Å². The molecule has 3 rings (SSSR count). The van der Waals surface area contributed by atoms with E-state index in [1.54, 1.807) is 18.3 Å². The van der Waals surface area contributed by atoms with Crippen LogP contribution >= 0.6 is 0 Å². The molecule has 8 nitrogen and oxygen atoms in total. The maximum absolute atomic E-state index is 12.1. The third kappa shape index (κ3) is 3.41. The second kappa shape index (κ2) is 6.64. The molecule has 2 N–H and O–H groups in total. The van der Waals surface area contributed by atoms with Crippen molar-refractivity contribution < 1.29 is 4.79 Å². The summed E-state index contributed by atoms with van der Waals surface area (Å²) in [7, 11) is 0. The number of piperidine rings is 1. The number of hydrogen-bond acceptors (Lipinski definition) is 5. The summed E-state index contributed by atoms with van der Waals surface area (Å²) in [6, 6.07) is 3.34. The van der Waals surface area contributed by atoms with Gasteiger partial charge in [-0.05, 0) is 25.8 Å². The van der Waals surface area contributed by atoms with Crippen LogP contribution in [0, 0.1) is 0 Å². The highest BCUT2D eigenvalue weighted by atomic mass is 16.2. The minimum absolute atomic E-state index is 0.0509. The highest BCUT2D eigenvalue weighted by Gasteiger charge is 2.23. The number of H-pyrrole nitrogens is 1. The maximum Gasteiger partial charge on any atom is 0.266 e. The topological polar surface area (TPSA) is 95.9 Å². The Hall–Kier alpha value is -2.64. The number of hydrogen-bond donors (Lipinski definition) is 2. The van der Waals surface area contributed by atoms with E-state index in [1.807, 2.05) is 6.92 Å². The monoisotopic (exact) mass is 316 g/mol. The van der Waals surface area contributed by atoms with Gasteiger partial charge in [-0.25, -0.2) is 4.68 Å². The fraction of sp³-hybridized carbons (Fsp3) is 0.467. The molecule has 1 aliphatic rings. The van der Waals surface area contributed by atoms with Crippen molar-refractivity contribution in [1.82, 2.24) is 25.3 Å². The number of aromatic amines is 1. The lowest BCUT2D eigenvalue weighted by atomic mass is 10.1. The Morgan fingerprint density at radius 3 is 3.09 bits per heavy atom. The van der Waals surface area contributed by atoms with Gasteiger partial charge >= 0.3 is 0 Å². The van der Waals surface area contributed by atoms with Gasteiger partial charge < -0.3 is 10.2 Å². The molecule has 23 heavy (non-hydrogen) atoms. The number of nitrogens with one attached hydrogen (secondary N) is 2. The minimum atomic E-state index is -0.128. The average Bonchev–Trinajstić information content (AvgIpc) is 3.10. The summed E-state index contributed by atoms with van der Waals surface area (Å²) in [6.07, 6.45) is 4.97. The summed E-state index contributed by atoms with van der Waals surface area (Å²) in [5.74, 6) is 0.644. The quantitative estimate of drug-likeness (QED) is 0.850. The third-order valence-electron chi connectivity index (χ3n) is 3.99. The van der Waals surface area contributed by atoms with Crippen LogP contribution in [0.5, 0.6) is 0 Å². The maximum atomic E-state index is 12.1. The number of nitrogens with zero attached hydrogens (tertiary/aromatic N) is 4. The van der Waals surface area contributed by atoms with Crippen molar-refractivity contribution in [1.29, 1.82) is 0 Å². The van der Waals surface area contributed by atoms with E-state index in [1.165, 1.54) is 10.9 Å². The third-order valence-corrected chi connectivity index (χ3v) is 3.99. The van der Waals surface area contributed by atoms with Crippen molar-refractivity contribution in [2.45, 2.75) is 32.4 Å². The molecular weight excluding hydrogens is 296 g/mol. The van der Waals surface area contributed by atoms with Crippen molar-refractivity contribution in [3.05, 3.63) is 40.4 Å². The predicted molar refractivity (Wildman–Crippen MR) is 85.5 cm³/mol. The van der Waals surface area contributed by atoms with Gasteiger partial charge in [0.2, 0.25) is 0 Å². The second-order valence-electron chi connectivity index (χ2n) is 5.59. The fourth-order valence-electron chi connectivity index (χ4n) is 2.78. The van der Waals surface area contributed by atoms with Crippen molar-refractivity contribution in [3.63, 3.8) is 0 Å². The van der Waals surface area contributed by atoms with Gasteiger partial charge in [-0.15, -0.1) is 0 Å². The van der Waals surface area contributed by atoms with Gasteiger partial charge in [-0.2, -0.15) is 10.2 Å². The van der Waals surface area contributed by atoms with Gasteiger partial charge in [0, 0.05) is 37.9 Å². The van der Waals surface area contributed by atoms with E-state index in [0.717, 1.165) is 25.2 Å². The Morgan fingerprint density at radius 1 is 1.48 bits per heavy atom. The number of anilines is 1. The molecule has 0 spiro atoms. The second-order valence-corrected chi connectivity index (χ2v) is 5.59. The first-order valence-corrected chi connectivity index (χ1v) is 7.80. The van der Waals surface area contributed by atoms with E-state index in [-0.39, 0.29) is 17.5 Å². The molecule has 0 saturated carbocycles. The zero-order chi connectivity index (χ0) is 16.2. The van der Waals surface area contributed by atoms with Crippen molar-refractivity contribution in [2.75, 3.05) is 18.0 Å². The van der Waals surface area contributed by atoms with Gasteiger partial charge in [-0.1, -0.05) is 0 Å². The summed E-state index contributed by atoms with van der Waals surface area (Å²) in [4.78, 5) is 25.9. The SMILES string of the molecule is CCn1nc(N2CCCC(NC(=O)c3cn[nH]c3)C2)ccc1=O. The number of aromatic nitrogens is 4. The highest BCUT2D eigenvalue weighted by Crippen LogP contribution is 2.17. The Bertz CT molecular complexity index is 724. The molecule has 2 aromatic heterocycles. The number of carbonyl (C=O) groups excluding carboxylic acids is 1. The Labute approximate surface area is 133 Å². The first kappa shape index (κ1) is 15.3. The van der Waals surface area contributed by atoms with Crippen LogP contribution in [0.2, 0.25) is 0 Å².